The van der Waals surface area contributed by atoms with Gasteiger partial charge in [-0.1, -0.05) is 26.7 Å². The second-order valence-electron chi connectivity index (χ2n) is 6.86. The highest BCUT2D eigenvalue weighted by molar-refractivity contribution is 5.31. The summed E-state index contributed by atoms with van der Waals surface area (Å²) in [6.45, 7) is 9.63. The molecule has 0 bridgehead atoms. The van der Waals surface area contributed by atoms with E-state index in [4.69, 9.17) is 9.72 Å². The molecule has 1 aliphatic carbocycles. The van der Waals surface area contributed by atoms with Crippen molar-refractivity contribution in [1.29, 1.82) is 0 Å². The van der Waals surface area contributed by atoms with Gasteiger partial charge >= 0.3 is 0 Å². The summed E-state index contributed by atoms with van der Waals surface area (Å²) in [5, 5.41) is 3.74. The van der Waals surface area contributed by atoms with Crippen LogP contribution < -0.4 is 5.32 Å². The van der Waals surface area contributed by atoms with Gasteiger partial charge in [-0.05, 0) is 38.5 Å². The molecule has 3 atom stereocenters. The van der Waals surface area contributed by atoms with Crippen molar-refractivity contribution in [1.82, 2.24) is 9.55 Å². The van der Waals surface area contributed by atoms with Gasteiger partial charge in [0, 0.05) is 19.3 Å². The van der Waals surface area contributed by atoms with Crippen LogP contribution in [0.15, 0.2) is 6.20 Å². The maximum absolute atomic E-state index is 5.30. The molecule has 1 aromatic heterocycles. The molecule has 120 valence electrons. The largest absolute Gasteiger partial charge is 0.383 e. The topological polar surface area (TPSA) is 39.1 Å². The molecular weight excluding hydrogens is 262 g/mol. The Morgan fingerprint density at radius 1 is 1.33 bits per heavy atom. The summed E-state index contributed by atoms with van der Waals surface area (Å²) >= 11 is 0. The molecule has 1 saturated carbocycles. The van der Waals surface area contributed by atoms with E-state index in [1.54, 1.807) is 7.11 Å². The molecule has 1 fully saturated rings. The average Bonchev–Trinajstić information content (AvgIpc) is 2.80. The van der Waals surface area contributed by atoms with Gasteiger partial charge in [-0.15, -0.1) is 0 Å². The normalized spacial score (nSPS) is 24.3. The van der Waals surface area contributed by atoms with E-state index in [-0.39, 0.29) is 0 Å². The number of aromatic nitrogens is 2. The minimum absolute atomic E-state index is 0.305. The summed E-state index contributed by atoms with van der Waals surface area (Å²) in [7, 11) is 1.75. The van der Waals surface area contributed by atoms with Crippen molar-refractivity contribution >= 4 is 5.95 Å². The van der Waals surface area contributed by atoms with E-state index < -0.39 is 0 Å². The van der Waals surface area contributed by atoms with E-state index in [0.717, 1.165) is 23.5 Å². The zero-order valence-electron chi connectivity index (χ0n) is 14.2. The van der Waals surface area contributed by atoms with Gasteiger partial charge in [-0.3, -0.25) is 0 Å². The summed E-state index contributed by atoms with van der Waals surface area (Å²) < 4.78 is 7.52. The first kappa shape index (κ1) is 16.3. The lowest BCUT2D eigenvalue weighted by Gasteiger charge is -2.35. The van der Waals surface area contributed by atoms with E-state index in [9.17, 15) is 0 Å². The van der Waals surface area contributed by atoms with Crippen LogP contribution >= 0.6 is 0 Å². The Balaban J connectivity index is 2.14. The highest BCUT2D eigenvalue weighted by Gasteiger charge is 2.28. The predicted octanol–water partition coefficient (Wildman–Crippen LogP) is 4.03. The molecule has 1 heterocycles. The first-order valence-corrected chi connectivity index (χ1v) is 8.33. The fourth-order valence-corrected chi connectivity index (χ4v) is 3.58. The van der Waals surface area contributed by atoms with Crippen LogP contribution in [-0.4, -0.2) is 29.3 Å². The maximum atomic E-state index is 5.30. The number of methoxy groups -OCH3 is 1. The molecule has 0 radical (unpaired) electrons. The molecule has 1 aliphatic rings. The number of nitrogens with zero attached hydrogens (tertiary/aromatic N) is 2. The third-order valence-corrected chi connectivity index (χ3v) is 4.73. The molecule has 0 saturated heterocycles. The van der Waals surface area contributed by atoms with Crippen LogP contribution in [0.4, 0.5) is 5.95 Å². The van der Waals surface area contributed by atoms with Crippen molar-refractivity contribution in [3.8, 4) is 0 Å². The third-order valence-electron chi connectivity index (χ3n) is 4.73. The number of imidazole rings is 1. The van der Waals surface area contributed by atoms with Crippen molar-refractivity contribution in [3.05, 3.63) is 11.9 Å². The van der Waals surface area contributed by atoms with Crippen molar-refractivity contribution < 1.29 is 4.74 Å². The van der Waals surface area contributed by atoms with Crippen molar-refractivity contribution in [3.63, 3.8) is 0 Å². The van der Waals surface area contributed by atoms with Gasteiger partial charge in [-0.25, -0.2) is 4.98 Å². The second-order valence-corrected chi connectivity index (χ2v) is 6.86. The van der Waals surface area contributed by atoms with Crippen LogP contribution in [0.2, 0.25) is 0 Å². The minimum Gasteiger partial charge on any atom is -0.383 e. The molecule has 1 aromatic rings. The number of hydrogen-bond donors (Lipinski definition) is 1. The fourth-order valence-electron chi connectivity index (χ4n) is 3.58. The zero-order chi connectivity index (χ0) is 15.4. The minimum atomic E-state index is 0.305. The van der Waals surface area contributed by atoms with Gasteiger partial charge in [0.05, 0.1) is 18.3 Å². The highest BCUT2D eigenvalue weighted by atomic mass is 16.5. The SMILES string of the molecule is COCC(C)n1cc(C)nc1NC1CCCCC1C(C)C. The quantitative estimate of drug-likeness (QED) is 0.861. The Hall–Kier alpha value is -1.03. The average molecular weight is 293 g/mol. The smallest absolute Gasteiger partial charge is 0.203 e. The summed E-state index contributed by atoms with van der Waals surface area (Å²) in [5.41, 5.74) is 1.07. The van der Waals surface area contributed by atoms with Crippen LogP contribution in [0.5, 0.6) is 0 Å². The molecule has 2 rings (SSSR count). The van der Waals surface area contributed by atoms with Crippen molar-refractivity contribution in [2.45, 2.75) is 65.5 Å². The summed E-state index contributed by atoms with van der Waals surface area (Å²) in [6, 6.07) is 0.855. The summed E-state index contributed by atoms with van der Waals surface area (Å²) in [6.07, 6.45) is 7.41. The maximum Gasteiger partial charge on any atom is 0.203 e. The van der Waals surface area contributed by atoms with Gasteiger partial charge in [0.2, 0.25) is 5.95 Å². The van der Waals surface area contributed by atoms with Crippen LogP contribution in [-0.2, 0) is 4.74 Å². The Labute approximate surface area is 129 Å². The second kappa shape index (κ2) is 7.30. The van der Waals surface area contributed by atoms with Crippen LogP contribution in [0.3, 0.4) is 0 Å². The monoisotopic (exact) mass is 293 g/mol. The van der Waals surface area contributed by atoms with Gasteiger partial charge in [-0.2, -0.15) is 0 Å². The Morgan fingerprint density at radius 2 is 2.05 bits per heavy atom. The Morgan fingerprint density at radius 3 is 2.71 bits per heavy atom. The molecule has 0 aliphatic heterocycles. The van der Waals surface area contributed by atoms with E-state index in [1.807, 2.05) is 0 Å². The zero-order valence-corrected chi connectivity index (χ0v) is 14.2. The fraction of sp³-hybridized carbons (Fsp3) is 0.824. The first-order valence-electron chi connectivity index (χ1n) is 8.33. The van der Waals surface area contributed by atoms with E-state index in [2.05, 4.69) is 43.8 Å². The predicted molar refractivity (Wildman–Crippen MR) is 87.8 cm³/mol. The van der Waals surface area contributed by atoms with Crippen LogP contribution in [0.1, 0.15) is 58.2 Å². The van der Waals surface area contributed by atoms with Crippen molar-refractivity contribution in [2.24, 2.45) is 11.8 Å². The lowest BCUT2D eigenvalue weighted by molar-refractivity contribution is 0.162. The first-order chi connectivity index (χ1) is 10.0. The molecule has 4 nitrogen and oxygen atoms in total. The van der Waals surface area contributed by atoms with Gasteiger partial charge in [0.25, 0.3) is 0 Å². The molecule has 21 heavy (non-hydrogen) atoms. The van der Waals surface area contributed by atoms with E-state index >= 15 is 0 Å². The van der Waals surface area contributed by atoms with Gasteiger partial charge in [0.1, 0.15) is 0 Å². The molecule has 1 N–H and O–H groups in total. The lowest BCUT2D eigenvalue weighted by atomic mass is 9.78. The van der Waals surface area contributed by atoms with Crippen LogP contribution in [0, 0.1) is 18.8 Å². The van der Waals surface area contributed by atoms with E-state index in [0.29, 0.717) is 18.7 Å². The molecule has 0 amide bonds. The summed E-state index contributed by atoms with van der Waals surface area (Å²) in [4.78, 5) is 4.70. The standard InChI is InChI=1S/C17H31N3O/c1-12(2)15-8-6-7-9-16(15)19-17-18-13(3)10-20(17)14(4)11-21-5/h10,12,14-16H,6-9,11H2,1-5H3,(H,18,19). The number of rotatable bonds is 6. The molecule has 0 spiro atoms. The Kier molecular flexibility index (Phi) is 5.68. The molecule has 4 heteroatoms. The molecular formula is C17H31N3O. The molecule has 3 unspecified atom stereocenters. The number of anilines is 1. The number of aryl methyl sites for hydroxylation is 1. The van der Waals surface area contributed by atoms with Gasteiger partial charge in [0.15, 0.2) is 0 Å². The third kappa shape index (κ3) is 4.00. The summed E-state index contributed by atoms with van der Waals surface area (Å²) in [5.74, 6) is 2.49. The van der Waals surface area contributed by atoms with E-state index in [1.165, 1.54) is 25.7 Å². The highest BCUT2D eigenvalue weighted by Crippen LogP contribution is 2.32. The number of nitrogens with one attached hydrogen (secondary N) is 1. The van der Waals surface area contributed by atoms with Crippen LogP contribution in [0.25, 0.3) is 0 Å². The number of hydrogen-bond acceptors (Lipinski definition) is 3. The Bertz CT molecular complexity index is 441. The number of ether oxygens (including phenoxy) is 1. The van der Waals surface area contributed by atoms with Gasteiger partial charge < -0.3 is 14.6 Å². The van der Waals surface area contributed by atoms with Crippen molar-refractivity contribution in [2.75, 3.05) is 19.0 Å². The molecule has 0 aromatic carbocycles. The lowest BCUT2D eigenvalue weighted by Crippen LogP contribution is -2.36.